The van der Waals surface area contributed by atoms with E-state index in [1.807, 2.05) is 4.90 Å². The van der Waals surface area contributed by atoms with Gasteiger partial charge < -0.3 is 4.90 Å². The first-order valence-corrected chi connectivity index (χ1v) is 7.84. The Morgan fingerprint density at radius 2 is 2.20 bits per heavy atom. The quantitative estimate of drug-likeness (QED) is 0.830. The summed E-state index contributed by atoms with van der Waals surface area (Å²) in [5, 5.41) is 0. The molecule has 1 amide bonds. The monoisotopic (exact) mass is 295 g/mol. The number of benzene rings is 1. The molecule has 1 saturated heterocycles. The molecule has 0 aromatic heterocycles. The van der Waals surface area contributed by atoms with Gasteiger partial charge in [-0.3, -0.25) is 4.79 Å². The van der Waals surface area contributed by atoms with E-state index in [0.717, 1.165) is 31.8 Å². The molecule has 1 aliphatic rings. The molecule has 110 valence electrons. The predicted molar refractivity (Wildman–Crippen MR) is 81.8 cm³/mol. The molecule has 1 aliphatic heterocycles. The first kappa shape index (κ1) is 15.4. The van der Waals surface area contributed by atoms with Crippen LogP contribution >= 0.6 is 12.6 Å². The van der Waals surface area contributed by atoms with Gasteiger partial charge >= 0.3 is 0 Å². The van der Waals surface area contributed by atoms with Gasteiger partial charge in [0.1, 0.15) is 5.82 Å². The van der Waals surface area contributed by atoms with E-state index in [2.05, 4.69) is 19.6 Å². The van der Waals surface area contributed by atoms with E-state index in [-0.39, 0.29) is 16.6 Å². The van der Waals surface area contributed by atoms with E-state index in [0.29, 0.717) is 5.56 Å². The summed E-state index contributed by atoms with van der Waals surface area (Å²) in [6.07, 6.45) is 5.80. The number of carbonyl (C=O) groups is 1. The minimum atomic E-state index is -0.385. The molecule has 1 heterocycles. The minimum Gasteiger partial charge on any atom is -0.339 e. The number of halogens is 1. The highest BCUT2D eigenvalue weighted by molar-refractivity contribution is 7.80. The highest BCUT2D eigenvalue weighted by Crippen LogP contribution is 2.23. The van der Waals surface area contributed by atoms with Gasteiger partial charge in [0.25, 0.3) is 5.91 Å². The van der Waals surface area contributed by atoms with Crippen molar-refractivity contribution in [3.63, 3.8) is 0 Å². The van der Waals surface area contributed by atoms with E-state index in [9.17, 15) is 9.18 Å². The lowest BCUT2D eigenvalue weighted by atomic mass is 9.96. The fourth-order valence-corrected chi connectivity index (χ4v) is 3.11. The van der Waals surface area contributed by atoms with Gasteiger partial charge in [-0.1, -0.05) is 19.8 Å². The highest BCUT2D eigenvalue weighted by atomic mass is 32.1. The topological polar surface area (TPSA) is 20.3 Å². The van der Waals surface area contributed by atoms with Gasteiger partial charge in [-0.25, -0.2) is 4.39 Å². The highest BCUT2D eigenvalue weighted by Gasteiger charge is 2.21. The third-order valence-corrected chi connectivity index (χ3v) is 4.37. The molecule has 1 fully saturated rings. The van der Waals surface area contributed by atoms with Crippen LogP contribution in [0.4, 0.5) is 4.39 Å². The van der Waals surface area contributed by atoms with Crippen LogP contribution in [0.1, 0.15) is 49.4 Å². The summed E-state index contributed by atoms with van der Waals surface area (Å²) in [7, 11) is 0. The van der Waals surface area contributed by atoms with Crippen LogP contribution in [0.25, 0.3) is 0 Å². The fraction of sp³-hybridized carbons (Fsp3) is 0.562. The lowest BCUT2D eigenvalue weighted by Gasteiger charge is -2.21. The average molecular weight is 295 g/mol. The normalized spacial score (nSPS) is 19.8. The average Bonchev–Trinajstić information content (AvgIpc) is 2.67. The SMILES string of the molecule is CCCC1CCCN(C(=O)c2ccc(F)c(S)c2)CC1. The molecule has 0 N–H and O–H groups in total. The molecule has 1 unspecified atom stereocenters. The van der Waals surface area contributed by atoms with Gasteiger partial charge in [-0.2, -0.15) is 0 Å². The standard InChI is InChI=1S/C16H22FNOS/c1-2-4-12-5-3-9-18(10-8-12)16(19)13-6-7-14(17)15(20)11-13/h6-7,11-12,20H,2-5,8-10H2,1H3. The Bertz CT molecular complexity index is 478. The van der Waals surface area contributed by atoms with Gasteiger partial charge in [-0.05, 0) is 43.4 Å². The molecule has 0 bridgehead atoms. The van der Waals surface area contributed by atoms with Gasteiger partial charge in [0.15, 0.2) is 0 Å². The molecule has 0 aliphatic carbocycles. The maximum absolute atomic E-state index is 13.2. The summed E-state index contributed by atoms with van der Waals surface area (Å²) in [4.78, 5) is 14.6. The summed E-state index contributed by atoms with van der Waals surface area (Å²) < 4.78 is 13.2. The maximum atomic E-state index is 13.2. The maximum Gasteiger partial charge on any atom is 0.253 e. The summed E-state index contributed by atoms with van der Waals surface area (Å²) in [6.45, 7) is 3.82. The van der Waals surface area contributed by atoms with E-state index in [4.69, 9.17) is 0 Å². The molecule has 0 saturated carbocycles. The molecule has 1 atom stereocenters. The van der Waals surface area contributed by atoms with Gasteiger partial charge in [0, 0.05) is 23.5 Å². The second-order valence-electron chi connectivity index (χ2n) is 5.54. The van der Waals surface area contributed by atoms with Crippen molar-refractivity contribution < 1.29 is 9.18 Å². The summed E-state index contributed by atoms with van der Waals surface area (Å²) >= 11 is 4.04. The largest absolute Gasteiger partial charge is 0.339 e. The molecule has 1 aromatic rings. The van der Waals surface area contributed by atoms with Gasteiger partial charge in [0.05, 0.1) is 0 Å². The Labute approximate surface area is 125 Å². The Kier molecular flexibility index (Phi) is 5.46. The van der Waals surface area contributed by atoms with Crippen molar-refractivity contribution in [2.24, 2.45) is 5.92 Å². The summed E-state index contributed by atoms with van der Waals surface area (Å²) in [6, 6.07) is 4.38. The number of rotatable bonds is 3. The van der Waals surface area contributed by atoms with Crippen LogP contribution in [0, 0.1) is 11.7 Å². The predicted octanol–water partition coefficient (Wildman–Crippen LogP) is 4.16. The third kappa shape index (κ3) is 3.75. The van der Waals surface area contributed by atoms with Crippen LogP contribution < -0.4 is 0 Å². The Hall–Kier alpha value is -1.03. The Morgan fingerprint density at radius 3 is 2.90 bits per heavy atom. The number of thiol groups is 1. The Balaban J connectivity index is 2.03. The zero-order valence-electron chi connectivity index (χ0n) is 11.9. The van der Waals surface area contributed by atoms with E-state index in [1.54, 1.807) is 6.07 Å². The first-order chi connectivity index (χ1) is 9.61. The molecule has 2 rings (SSSR count). The lowest BCUT2D eigenvalue weighted by molar-refractivity contribution is 0.0759. The van der Waals surface area contributed by atoms with E-state index >= 15 is 0 Å². The van der Waals surface area contributed by atoms with Crippen molar-refractivity contribution in [2.75, 3.05) is 13.1 Å². The molecule has 4 heteroatoms. The third-order valence-electron chi connectivity index (χ3n) is 4.02. The molecular weight excluding hydrogens is 273 g/mol. The van der Waals surface area contributed by atoms with Crippen molar-refractivity contribution in [3.8, 4) is 0 Å². The van der Waals surface area contributed by atoms with Crippen LogP contribution in [0.2, 0.25) is 0 Å². The number of hydrogen-bond acceptors (Lipinski definition) is 2. The fourth-order valence-electron chi connectivity index (χ4n) is 2.89. The number of hydrogen-bond donors (Lipinski definition) is 1. The molecule has 0 spiro atoms. The van der Waals surface area contributed by atoms with Crippen molar-refractivity contribution in [3.05, 3.63) is 29.6 Å². The number of carbonyl (C=O) groups excluding carboxylic acids is 1. The van der Waals surface area contributed by atoms with E-state index in [1.165, 1.54) is 31.4 Å². The molecule has 2 nitrogen and oxygen atoms in total. The van der Waals surface area contributed by atoms with Crippen molar-refractivity contribution in [1.29, 1.82) is 0 Å². The molecule has 20 heavy (non-hydrogen) atoms. The van der Waals surface area contributed by atoms with Crippen LogP contribution in [0.5, 0.6) is 0 Å². The first-order valence-electron chi connectivity index (χ1n) is 7.39. The zero-order chi connectivity index (χ0) is 14.5. The van der Waals surface area contributed by atoms with Gasteiger partial charge in [-0.15, -0.1) is 12.6 Å². The smallest absolute Gasteiger partial charge is 0.253 e. The number of nitrogens with zero attached hydrogens (tertiary/aromatic N) is 1. The molecule has 1 aromatic carbocycles. The second kappa shape index (κ2) is 7.11. The summed E-state index contributed by atoms with van der Waals surface area (Å²) in [5.41, 5.74) is 0.533. The van der Waals surface area contributed by atoms with Crippen LogP contribution in [-0.4, -0.2) is 23.9 Å². The minimum absolute atomic E-state index is 0.00236. The lowest BCUT2D eigenvalue weighted by Crippen LogP contribution is -2.32. The second-order valence-corrected chi connectivity index (χ2v) is 6.03. The van der Waals surface area contributed by atoms with Crippen LogP contribution in [0.3, 0.4) is 0 Å². The van der Waals surface area contributed by atoms with Crippen LogP contribution in [-0.2, 0) is 0 Å². The number of amides is 1. The summed E-state index contributed by atoms with van der Waals surface area (Å²) in [5.74, 6) is 0.354. The molecule has 0 radical (unpaired) electrons. The molecular formula is C16H22FNOS. The van der Waals surface area contributed by atoms with Crippen molar-refractivity contribution in [1.82, 2.24) is 4.90 Å². The van der Waals surface area contributed by atoms with Crippen molar-refractivity contribution >= 4 is 18.5 Å². The van der Waals surface area contributed by atoms with Crippen molar-refractivity contribution in [2.45, 2.75) is 43.9 Å². The van der Waals surface area contributed by atoms with E-state index < -0.39 is 0 Å². The van der Waals surface area contributed by atoms with Gasteiger partial charge in [0.2, 0.25) is 0 Å². The zero-order valence-corrected chi connectivity index (χ0v) is 12.8. The van der Waals surface area contributed by atoms with Crippen LogP contribution in [0.15, 0.2) is 23.1 Å². The number of likely N-dealkylation sites (tertiary alicyclic amines) is 1. The Morgan fingerprint density at radius 1 is 1.40 bits per heavy atom.